The number of benzene rings is 1. The standard InChI is InChI=1S/C10H6BrF3N2O/c1-4-5-2-7(10(12,13)14)8(11)3-6(5)9(17)16-15-4/h2-3H,1H3,(H,16,17). The number of nitrogens with one attached hydrogen (secondary N) is 1. The molecule has 0 atom stereocenters. The van der Waals surface area contributed by atoms with Crippen molar-refractivity contribution in [3.63, 3.8) is 0 Å². The first-order valence-electron chi connectivity index (χ1n) is 4.56. The number of aromatic amines is 1. The minimum absolute atomic E-state index is 0.159. The van der Waals surface area contributed by atoms with Crippen LogP contribution in [0.25, 0.3) is 10.8 Å². The zero-order chi connectivity index (χ0) is 12.8. The van der Waals surface area contributed by atoms with Crippen LogP contribution in [0.1, 0.15) is 11.3 Å². The summed E-state index contributed by atoms with van der Waals surface area (Å²) < 4.78 is 37.9. The van der Waals surface area contributed by atoms with Crippen LogP contribution in [0.2, 0.25) is 0 Å². The van der Waals surface area contributed by atoms with Gasteiger partial charge in [-0.25, -0.2) is 5.10 Å². The van der Waals surface area contributed by atoms with Gasteiger partial charge in [-0.05, 0) is 19.1 Å². The zero-order valence-electron chi connectivity index (χ0n) is 8.52. The molecule has 0 aliphatic carbocycles. The Labute approximate surface area is 102 Å². The third kappa shape index (κ3) is 2.06. The summed E-state index contributed by atoms with van der Waals surface area (Å²) in [5, 5.41) is 6.24. The Morgan fingerprint density at radius 3 is 2.53 bits per heavy atom. The van der Waals surface area contributed by atoms with Gasteiger partial charge in [0.05, 0.1) is 16.6 Å². The Morgan fingerprint density at radius 1 is 1.29 bits per heavy atom. The zero-order valence-corrected chi connectivity index (χ0v) is 10.1. The molecule has 2 aromatic rings. The molecule has 1 aromatic carbocycles. The van der Waals surface area contributed by atoms with Gasteiger partial charge in [-0.15, -0.1) is 0 Å². The summed E-state index contributed by atoms with van der Waals surface area (Å²) in [7, 11) is 0. The normalized spacial score (nSPS) is 12.1. The predicted molar refractivity (Wildman–Crippen MR) is 59.8 cm³/mol. The van der Waals surface area contributed by atoms with Gasteiger partial charge in [-0.2, -0.15) is 18.3 Å². The first-order valence-corrected chi connectivity index (χ1v) is 5.35. The second kappa shape index (κ2) is 3.83. The average Bonchev–Trinajstić information content (AvgIpc) is 2.21. The highest BCUT2D eigenvalue weighted by Crippen LogP contribution is 2.36. The monoisotopic (exact) mass is 306 g/mol. The number of aromatic nitrogens is 2. The summed E-state index contributed by atoms with van der Waals surface area (Å²) in [4.78, 5) is 11.4. The largest absolute Gasteiger partial charge is 0.417 e. The van der Waals surface area contributed by atoms with Gasteiger partial charge in [0.2, 0.25) is 0 Å². The molecule has 0 bridgehead atoms. The molecule has 90 valence electrons. The summed E-state index contributed by atoms with van der Waals surface area (Å²) in [5.41, 5.74) is -0.988. The Morgan fingerprint density at radius 2 is 1.94 bits per heavy atom. The van der Waals surface area contributed by atoms with Gasteiger partial charge in [0, 0.05) is 9.86 Å². The van der Waals surface area contributed by atoms with Crippen molar-refractivity contribution in [1.29, 1.82) is 0 Å². The minimum Gasteiger partial charge on any atom is -0.267 e. The number of hydrogen-bond acceptors (Lipinski definition) is 2. The number of halogens is 4. The smallest absolute Gasteiger partial charge is 0.267 e. The van der Waals surface area contributed by atoms with Gasteiger partial charge in [-0.3, -0.25) is 4.79 Å². The molecule has 1 aromatic heterocycles. The van der Waals surface area contributed by atoms with E-state index in [-0.39, 0.29) is 15.2 Å². The average molecular weight is 307 g/mol. The predicted octanol–water partition coefficient (Wildman–Crippen LogP) is 3.01. The molecule has 1 N–H and O–H groups in total. The van der Waals surface area contributed by atoms with E-state index in [4.69, 9.17) is 0 Å². The molecule has 0 fully saturated rings. The van der Waals surface area contributed by atoms with E-state index >= 15 is 0 Å². The molecule has 0 amide bonds. The lowest BCUT2D eigenvalue weighted by Crippen LogP contribution is -2.12. The van der Waals surface area contributed by atoms with Crippen LogP contribution in [-0.2, 0) is 6.18 Å². The Hall–Kier alpha value is -1.37. The van der Waals surface area contributed by atoms with E-state index in [0.29, 0.717) is 5.69 Å². The van der Waals surface area contributed by atoms with Crippen LogP contribution in [0.5, 0.6) is 0 Å². The van der Waals surface area contributed by atoms with E-state index in [9.17, 15) is 18.0 Å². The van der Waals surface area contributed by atoms with Crippen molar-refractivity contribution in [2.45, 2.75) is 13.1 Å². The number of fused-ring (bicyclic) bond motifs is 1. The van der Waals surface area contributed by atoms with Gasteiger partial charge >= 0.3 is 6.18 Å². The summed E-state index contributed by atoms with van der Waals surface area (Å²) in [6, 6.07) is 2.09. The molecule has 0 radical (unpaired) electrons. The quantitative estimate of drug-likeness (QED) is 0.813. The molecule has 0 saturated carbocycles. The maximum absolute atomic E-state index is 12.7. The van der Waals surface area contributed by atoms with E-state index in [1.807, 2.05) is 0 Å². The molecule has 1 heterocycles. The van der Waals surface area contributed by atoms with E-state index < -0.39 is 17.3 Å². The number of H-pyrrole nitrogens is 1. The summed E-state index contributed by atoms with van der Waals surface area (Å²) in [6.07, 6.45) is -4.47. The van der Waals surface area contributed by atoms with Crippen LogP contribution in [0.15, 0.2) is 21.4 Å². The van der Waals surface area contributed by atoms with Gasteiger partial charge in [0.1, 0.15) is 0 Å². The van der Waals surface area contributed by atoms with E-state index in [2.05, 4.69) is 26.1 Å². The highest BCUT2D eigenvalue weighted by atomic mass is 79.9. The molecule has 0 saturated heterocycles. The van der Waals surface area contributed by atoms with E-state index in [1.165, 1.54) is 6.92 Å². The SMILES string of the molecule is Cc1n[nH]c(=O)c2cc(Br)c(C(F)(F)F)cc12. The molecule has 0 aliphatic rings. The molecule has 0 aliphatic heterocycles. The topological polar surface area (TPSA) is 45.8 Å². The van der Waals surface area contributed by atoms with Crippen LogP contribution in [0, 0.1) is 6.92 Å². The number of hydrogen-bond donors (Lipinski definition) is 1. The maximum atomic E-state index is 12.7. The molecule has 0 spiro atoms. The molecule has 2 rings (SSSR count). The van der Waals surface area contributed by atoms with Crippen LogP contribution in [0.3, 0.4) is 0 Å². The third-order valence-electron chi connectivity index (χ3n) is 2.37. The van der Waals surface area contributed by atoms with Crippen LogP contribution < -0.4 is 5.56 Å². The first kappa shape index (κ1) is 12.1. The van der Waals surface area contributed by atoms with Crippen LogP contribution in [-0.4, -0.2) is 10.2 Å². The fraction of sp³-hybridized carbons (Fsp3) is 0.200. The first-order chi connectivity index (χ1) is 7.80. The summed E-state index contributed by atoms with van der Waals surface area (Å²) >= 11 is 2.82. The number of rotatable bonds is 0. The Kier molecular flexibility index (Phi) is 2.73. The molecule has 0 unspecified atom stereocenters. The number of nitrogens with zero attached hydrogens (tertiary/aromatic N) is 1. The molecule has 7 heteroatoms. The second-order valence-electron chi connectivity index (χ2n) is 3.51. The van der Waals surface area contributed by atoms with Crippen LogP contribution >= 0.6 is 15.9 Å². The van der Waals surface area contributed by atoms with Crippen LogP contribution in [0.4, 0.5) is 13.2 Å². The Bertz CT molecular complexity index is 648. The molecular formula is C10H6BrF3N2O. The molecule has 17 heavy (non-hydrogen) atoms. The summed E-state index contributed by atoms with van der Waals surface area (Å²) in [5.74, 6) is 0. The van der Waals surface area contributed by atoms with Gasteiger partial charge in [0.15, 0.2) is 0 Å². The molecular weight excluding hydrogens is 301 g/mol. The van der Waals surface area contributed by atoms with Gasteiger partial charge in [-0.1, -0.05) is 15.9 Å². The van der Waals surface area contributed by atoms with Crippen molar-refractivity contribution in [1.82, 2.24) is 10.2 Å². The van der Waals surface area contributed by atoms with Gasteiger partial charge in [0.25, 0.3) is 5.56 Å². The highest BCUT2D eigenvalue weighted by Gasteiger charge is 2.33. The van der Waals surface area contributed by atoms with Crippen molar-refractivity contribution in [2.75, 3.05) is 0 Å². The third-order valence-corrected chi connectivity index (χ3v) is 3.03. The fourth-order valence-electron chi connectivity index (χ4n) is 1.53. The summed E-state index contributed by atoms with van der Waals surface area (Å²) in [6.45, 7) is 1.53. The van der Waals surface area contributed by atoms with E-state index in [1.54, 1.807) is 0 Å². The van der Waals surface area contributed by atoms with Crippen molar-refractivity contribution >= 4 is 26.7 Å². The lowest BCUT2D eigenvalue weighted by atomic mass is 10.1. The second-order valence-corrected chi connectivity index (χ2v) is 4.37. The van der Waals surface area contributed by atoms with Gasteiger partial charge < -0.3 is 0 Å². The maximum Gasteiger partial charge on any atom is 0.417 e. The van der Waals surface area contributed by atoms with E-state index in [0.717, 1.165) is 12.1 Å². The number of aryl methyl sites for hydroxylation is 1. The Balaban J connectivity index is 2.90. The van der Waals surface area contributed by atoms with Crippen molar-refractivity contribution in [3.05, 3.63) is 38.2 Å². The van der Waals surface area contributed by atoms with Crippen molar-refractivity contribution in [3.8, 4) is 0 Å². The van der Waals surface area contributed by atoms with Crippen molar-refractivity contribution < 1.29 is 13.2 Å². The molecule has 3 nitrogen and oxygen atoms in total. The number of alkyl halides is 3. The fourth-order valence-corrected chi connectivity index (χ4v) is 2.10. The lowest BCUT2D eigenvalue weighted by Gasteiger charge is -2.10. The van der Waals surface area contributed by atoms with Crippen molar-refractivity contribution in [2.24, 2.45) is 0 Å². The minimum atomic E-state index is -4.47. The highest BCUT2D eigenvalue weighted by molar-refractivity contribution is 9.10. The lowest BCUT2D eigenvalue weighted by molar-refractivity contribution is -0.138.